The van der Waals surface area contributed by atoms with Gasteiger partial charge in [-0.05, 0) is 0 Å². The van der Waals surface area contributed by atoms with Crippen molar-refractivity contribution in [2.75, 3.05) is 58.0 Å². The Hall–Kier alpha value is -0.580. The summed E-state index contributed by atoms with van der Waals surface area (Å²) in [5.74, 6) is 2.73. The molecule has 0 rings (SSSR count). The third-order valence-electron chi connectivity index (χ3n) is 2.63. The monoisotopic (exact) mass is 365 g/mol. The van der Waals surface area contributed by atoms with Gasteiger partial charge in [-0.2, -0.15) is 0 Å². The Bertz CT molecular complexity index is 328. The Morgan fingerprint density at radius 3 is 1.18 bits per heavy atom. The SMILES string of the molecule is CN=C(N)SCCN(CCSC(N)=NC)CCSC(N)=NC. The highest BCUT2D eigenvalue weighted by Crippen LogP contribution is 2.07. The Labute approximate surface area is 146 Å². The maximum Gasteiger partial charge on any atom is 0.153 e. The molecule has 10 heteroatoms. The van der Waals surface area contributed by atoms with Crippen molar-refractivity contribution in [3.05, 3.63) is 0 Å². The number of hydrogen-bond donors (Lipinski definition) is 3. The molecule has 6 N–H and O–H groups in total. The van der Waals surface area contributed by atoms with E-state index < -0.39 is 0 Å². The van der Waals surface area contributed by atoms with Crippen LogP contribution in [0, 0.1) is 0 Å². The van der Waals surface area contributed by atoms with Crippen LogP contribution in [0.2, 0.25) is 0 Å². The average molecular weight is 366 g/mol. The largest absolute Gasteiger partial charge is 0.379 e. The molecule has 0 atom stereocenters. The molecule has 0 aliphatic rings. The summed E-state index contributed by atoms with van der Waals surface area (Å²) in [5, 5.41) is 1.86. The van der Waals surface area contributed by atoms with Gasteiger partial charge in [0.05, 0.1) is 0 Å². The van der Waals surface area contributed by atoms with E-state index in [2.05, 4.69) is 19.9 Å². The first-order valence-electron chi connectivity index (χ1n) is 6.81. The molecule has 128 valence electrons. The minimum Gasteiger partial charge on any atom is -0.379 e. The van der Waals surface area contributed by atoms with Crippen LogP contribution in [0.4, 0.5) is 0 Å². The van der Waals surface area contributed by atoms with Gasteiger partial charge in [0, 0.05) is 58.0 Å². The predicted molar refractivity (Wildman–Crippen MR) is 106 cm³/mol. The van der Waals surface area contributed by atoms with Gasteiger partial charge in [-0.25, -0.2) is 0 Å². The van der Waals surface area contributed by atoms with Gasteiger partial charge < -0.3 is 22.1 Å². The van der Waals surface area contributed by atoms with E-state index in [0.717, 1.165) is 36.9 Å². The van der Waals surface area contributed by atoms with Gasteiger partial charge in [-0.1, -0.05) is 35.3 Å². The first-order chi connectivity index (χ1) is 10.5. The molecule has 0 bridgehead atoms. The fourth-order valence-corrected chi connectivity index (χ4v) is 3.43. The van der Waals surface area contributed by atoms with Crippen molar-refractivity contribution < 1.29 is 0 Å². The number of nitrogens with two attached hydrogens (primary N) is 3. The van der Waals surface area contributed by atoms with Crippen LogP contribution < -0.4 is 17.2 Å². The van der Waals surface area contributed by atoms with Gasteiger partial charge in [0.1, 0.15) is 0 Å². The average Bonchev–Trinajstić information content (AvgIpc) is 2.53. The predicted octanol–water partition coefficient (Wildman–Crippen LogP) is 0.322. The molecule has 0 aromatic carbocycles. The topological polar surface area (TPSA) is 118 Å². The summed E-state index contributed by atoms with van der Waals surface area (Å²) < 4.78 is 0. The van der Waals surface area contributed by atoms with Crippen molar-refractivity contribution in [3.8, 4) is 0 Å². The van der Waals surface area contributed by atoms with E-state index in [0.29, 0.717) is 15.5 Å². The van der Waals surface area contributed by atoms with Crippen LogP contribution in [-0.2, 0) is 0 Å². The van der Waals surface area contributed by atoms with Gasteiger partial charge in [0.15, 0.2) is 15.5 Å². The van der Waals surface area contributed by atoms with Crippen molar-refractivity contribution in [2.45, 2.75) is 0 Å². The van der Waals surface area contributed by atoms with Crippen LogP contribution in [0.25, 0.3) is 0 Å². The maximum absolute atomic E-state index is 5.70. The number of aliphatic imine (C=N–C) groups is 3. The first kappa shape index (κ1) is 21.4. The summed E-state index contributed by atoms with van der Waals surface area (Å²) >= 11 is 4.71. The molecule has 0 aliphatic heterocycles. The number of amidine groups is 3. The molecule has 0 radical (unpaired) electrons. The molecule has 22 heavy (non-hydrogen) atoms. The molecule has 0 aliphatic carbocycles. The van der Waals surface area contributed by atoms with Crippen molar-refractivity contribution >= 4 is 50.8 Å². The van der Waals surface area contributed by atoms with Crippen LogP contribution in [0.1, 0.15) is 0 Å². The second kappa shape index (κ2) is 14.0. The van der Waals surface area contributed by atoms with E-state index in [1.807, 2.05) is 0 Å². The molecular formula is C12H27N7S3. The molecule has 0 spiro atoms. The lowest BCUT2D eigenvalue weighted by Crippen LogP contribution is -2.32. The second-order valence-corrected chi connectivity index (χ2v) is 7.42. The Balaban J connectivity index is 4.17. The maximum atomic E-state index is 5.70. The second-order valence-electron chi connectivity index (χ2n) is 4.07. The minimum atomic E-state index is 0.619. The quantitative estimate of drug-likeness (QED) is 0.398. The van der Waals surface area contributed by atoms with E-state index in [9.17, 15) is 0 Å². The summed E-state index contributed by atoms with van der Waals surface area (Å²) in [6, 6.07) is 0. The standard InChI is InChI=1S/C12H27N7S3/c1-16-10(13)20-7-4-19(5-8-21-11(14)17-2)6-9-22-12(15)18-3/h4-9H2,1-3H3,(H2,13,16)(H2,14,17)(H2,15,18). The summed E-state index contributed by atoms with van der Waals surface area (Å²) in [4.78, 5) is 14.2. The van der Waals surface area contributed by atoms with Crippen molar-refractivity contribution in [1.29, 1.82) is 0 Å². The van der Waals surface area contributed by atoms with E-state index in [-0.39, 0.29) is 0 Å². The van der Waals surface area contributed by atoms with Gasteiger partial charge >= 0.3 is 0 Å². The number of nitrogens with zero attached hydrogens (tertiary/aromatic N) is 4. The lowest BCUT2D eigenvalue weighted by atomic mass is 10.5. The molecule has 0 saturated carbocycles. The zero-order chi connectivity index (χ0) is 16.8. The van der Waals surface area contributed by atoms with Gasteiger partial charge in [0.25, 0.3) is 0 Å². The van der Waals surface area contributed by atoms with Gasteiger partial charge in [0.2, 0.25) is 0 Å². The highest BCUT2D eigenvalue weighted by atomic mass is 32.2. The van der Waals surface area contributed by atoms with Crippen LogP contribution in [0.3, 0.4) is 0 Å². The Morgan fingerprint density at radius 1 is 0.682 bits per heavy atom. The molecule has 0 fully saturated rings. The molecule has 0 amide bonds. The normalized spacial score (nSPS) is 13.9. The number of thioether (sulfide) groups is 3. The van der Waals surface area contributed by atoms with Crippen LogP contribution >= 0.6 is 35.3 Å². The minimum absolute atomic E-state index is 0.619. The van der Waals surface area contributed by atoms with Gasteiger partial charge in [-0.15, -0.1) is 0 Å². The van der Waals surface area contributed by atoms with E-state index in [1.165, 1.54) is 0 Å². The molecule has 0 saturated heterocycles. The van der Waals surface area contributed by atoms with E-state index in [4.69, 9.17) is 17.2 Å². The van der Waals surface area contributed by atoms with Crippen LogP contribution in [-0.4, -0.2) is 78.4 Å². The lowest BCUT2D eigenvalue weighted by molar-refractivity contribution is 0.330. The Kier molecular flexibility index (Phi) is 13.7. The number of hydrogen-bond acceptors (Lipinski definition) is 7. The zero-order valence-corrected chi connectivity index (χ0v) is 15.9. The van der Waals surface area contributed by atoms with Crippen molar-refractivity contribution in [3.63, 3.8) is 0 Å². The zero-order valence-electron chi connectivity index (χ0n) is 13.5. The van der Waals surface area contributed by atoms with Crippen molar-refractivity contribution in [1.82, 2.24) is 4.90 Å². The summed E-state index contributed by atoms with van der Waals surface area (Å²) in [6.45, 7) is 2.82. The molecular weight excluding hydrogens is 338 g/mol. The molecule has 0 aromatic heterocycles. The molecule has 7 nitrogen and oxygen atoms in total. The molecule has 0 aromatic rings. The third kappa shape index (κ3) is 12.0. The highest BCUT2D eigenvalue weighted by molar-refractivity contribution is 8.14. The lowest BCUT2D eigenvalue weighted by Gasteiger charge is -2.21. The fourth-order valence-electron chi connectivity index (χ4n) is 1.37. The molecule has 0 unspecified atom stereocenters. The van der Waals surface area contributed by atoms with Crippen molar-refractivity contribution in [2.24, 2.45) is 32.2 Å². The fraction of sp³-hybridized carbons (Fsp3) is 0.750. The molecule has 0 heterocycles. The van der Waals surface area contributed by atoms with Crippen LogP contribution in [0.15, 0.2) is 15.0 Å². The van der Waals surface area contributed by atoms with Gasteiger partial charge in [-0.3, -0.25) is 15.0 Å². The smallest absolute Gasteiger partial charge is 0.153 e. The summed E-state index contributed by atoms with van der Waals surface area (Å²) in [7, 11) is 5.10. The summed E-state index contributed by atoms with van der Waals surface area (Å²) in [6.07, 6.45) is 0. The van der Waals surface area contributed by atoms with Crippen LogP contribution in [0.5, 0.6) is 0 Å². The summed E-state index contributed by atoms with van der Waals surface area (Å²) in [5.41, 5.74) is 17.1. The Morgan fingerprint density at radius 2 is 0.955 bits per heavy atom. The highest BCUT2D eigenvalue weighted by Gasteiger charge is 2.07. The van der Waals surface area contributed by atoms with E-state index >= 15 is 0 Å². The van der Waals surface area contributed by atoms with E-state index in [1.54, 1.807) is 56.4 Å². The first-order valence-corrected chi connectivity index (χ1v) is 9.76. The third-order valence-corrected chi connectivity index (χ3v) is 5.23. The number of rotatable bonds is 9.